The molecule has 1 atom stereocenters. The Balaban J connectivity index is 0.00000176. The van der Waals surface area contributed by atoms with Gasteiger partial charge in [0.05, 0.1) is 10.9 Å². The van der Waals surface area contributed by atoms with Gasteiger partial charge in [0, 0.05) is 13.1 Å². The molecule has 3 rings (SSSR count). The summed E-state index contributed by atoms with van der Waals surface area (Å²) >= 11 is 6.18. The lowest BCUT2D eigenvalue weighted by Crippen LogP contribution is -2.40. The first kappa shape index (κ1) is 17.2. The molecule has 2 aliphatic rings. The van der Waals surface area contributed by atoms with E-state index >= 15 is 0 Å². The monoisotopic (exact) mass is 346 g/mol. The van der Waals surface area contributed by atoms with Crippen LogP contribution in [0.1, 0.15) is 18.4 Å². The molecule has 0 spiro atoms. The molecule has 1 fully saturated rings. The van der Waals surface area contributed by atoms with Crippen LogP contribution in [0.3, 0.4) is 0 Å². The van der Waals surface area contributed by atoms with Crippen LogP contribution < -0.4 is 20.1 Å². The number of hydrogen-bond acceptors (Lipinski definition) is 4. The summed E-state index contributed by atoms with van der Waals surface area (Å²) in [6, 6.07) is 3.69. The van der Waals surface area contributed by atoms with Crippen molar-refractivity contribution in [1.29, 1.82) is 0 Å². The van der Waals surface area contributed by atoms with Crippen molar-refractivity contribution < 1.29 is 14.3 Å². The molecule has 1 aromatic rings. The van der Waals surface area contributed by atoms with E-state index in [9.17, 15) is 4.79 Å². The highest BCUT2D eigenvalue weighted by Gasteiger charge is 2.21. The first-order valence-corrected chi connectivity index (χ1v) is 7.68. The fourth-order valence-corrected chi connectivity index (χ4v) is 2.96. The van der Waals surface area contributed by atoms with Crippen molar-refractivity contribution in [3.8, 4) is 11.5 Å². The first-order chi connectivity index (χ1) is 10.2. The summed E-state index contributed by atoms with van der Waals surface area (Å²) in [7, 11) is 0. The average Bonchev–Trinajstić information content (AvgIpc) is 2.53. The van der Waals surface area contributed by atoms with Gasteiger partial charge in [-0.25, -0.2) is 0 Å². The highest BCUT2D eigenvalue weighted by atomic mass is 35.5. The molecule has 122 valence electrons. The maximum absolute atomic E-state index is 12.1. The number of ether oxygens (including phenoxy) is 2. The Bertz CT molecular complexity index is 534. The number of fused-ring (bicyclic) bond motifs is 1. The number of benzene rings is 1. The summed E-state index contributed by atoms with van der Waals surface area (Å²) in [5.74, 6) is 1.39. The van der Waals surface area contributed by atoms with Crippen LogP contribution in [0.2, 0.25) is 5.02 Å². The summed E-state index contributed by atoms with van der Waals surface area (Å²) in [5, 5.41) is 6.74. The van der Waals surface area contributed by atoms with E-state index in [-0.39, 0.29) is 24.2 Å². The lowest BCUT2D eigenvalue weighted by molar-refractivity contribution is -0.125. The molecule has 0 radical (unpaired) electrons. The van der Waals surface area contributed by atoms with Crippen LogP contribution in [-0.2, 0) is 11.3 Å². The molecule has 1 unspecified atom stereocenters. The minimum absolute atomic E-state index is 0. The maximum Gasteiger partial charge on any atom is 0.224 e. The number of halogens is 2. The van der Waals surface area contributed by atoms with E-state index in [2.05, 4.69) is 10.6 Å². The van der Waals surface area contributed by atoms with E-state index in [1.165, 1.54) is 0 Å². The molecule has 0 saturated carbocycles. The number of rotatable bonds is 3. The Hall–Kier alpha value is -1.17. The second-order valence-electron chi connectivity index (χ2n) is 5.36. The number of amides is 1. The molecule has 0 bridgehead atoms. The summed E-state index contributed by atoms with van der Waals surface area (Å²) in [6.07, 6.45) is 1.99. The third-order valence-electron chi connectivity index (χ3n) is 3.79. The molecule has 0 aromatic heterocycles. The van der Waals surface area contributed by atoms with Crippen LogP contribution in [0.4, 0.5) is 0 Å². The molecule has 5 nitrogen and oxygen atoms in total. The SMILES string of the molecule is Cl.O=C(NCc1cc(Cl)c2c(c1)OCCO2)C1CCCNC1. The molecule has 1 saturated heterocycles. The van der Waals surface area contributed by atoms with Gasteiger partial charge < -0.3 is 20.1 Å². The van der Waals surface area contributed by atoms with Gasteiger partial charge in [-0.3, -0.25) is 4.79 Å². The number of nitrogens with one attached hydrogen (secondary N) is 2. The second kappa shape index (κ2) is 7.90. The quantitative estimate of drug-likeness (QED) is 0.880. The molecule has 2 N–H and O–H groups in total. The van der Waals surface area contributed by atoms with Gasteiger partial charge in [0.15, 0.2) is 11.5 Å². The number of carbonyl (C=O) groups excluding carboxylic acids is 1. The first-order valence-electron chi connectivity index (χ1n) is 7.30. The summed E-state index contributed by atoms with van der Waals surface area (Å²) in [4.78, 5) is 12.1. The van der Waals surface area contributed by atoms with Crippen molar-refractivity contribution in [3.05, 3.63) is 22.7 Å². The molecule has 7 heteroatoms. The van der Waals surface area contributed by atoms with Gasteiger partial charge in [-0.05, 0) is 37.1 Å². The van der Waals surface area contributed by atoms with Crippen molar-refractivity contribution >= 4 is 29.9 Å². The lowest BCUT2D eigenvalue weighted by Gasteiger charge is -2.22. The third kappa shape index (κ3) is 3.97. The highest BCUT2D eigenvalue weighted by Crippen LogP contribution is 2.38. The molecule has 1 amide bonds. The van der Waals surface area contributed by atoms with Gasteiger partial charge in [0.1, 0.15) is 13.2 Å². The minimum atomic E-state index is 0. The van der Waals surface area contributed by atoms with Crippen molar-refractivity contribution in [2.24, 2.45) is 5.92 Å². The number of carbonyl (C=O) groups is 1. The van der Waals surface area contributed by atoms with Gasteiger partial charge in [0.2, 0.25) is 5.91 Å². The molecule has 2 aliphatic heterocycles. The second-order valence-corrected chi connectivity index (χ2v) is 5.77. The third-order valence-corrected chi connectivity index (χ3v) is 4.07. The zero-order chi connectivity index (χ0) is 14.7. The Morgan fingerprint density at radius 3 is 2.95 bits per heavy atom. The van der Waals surface area contributed by atoms with Crippen LogP contribution in [0.5, 0.6) is 11.5 Å². The van der Waals surface area contributed by atoms with Crippen LogP contribution in [-0.4, -0.2) is 32.2 Å². The molecule has 2 heterocycles. The Labute approximate surface area is 141 Å². The predicted octanol–water partition coefficient (Wildman–Crippen LogP) is 2.15. The van der Waals surface area contributed by atoms with Crippen molar-refractivity contribution in [3.63, 3.8) is 0 Å². The predicted molar refractivity (Wildman–Crippen MR) is 87.1 cm³/mol. The van der Waals surface area contributed by atoms with Gasteiger partial charge in [-0.15, -0.1) is 12.4 Å². The van der Waals surface area contributed by atoms with Crippen molar-refractivity contribution in [1.82, 2.24) is 10.6 Å². The highest BCUT2D eigenvalue weighted by molar-refractivity contribution is 6.32. The molecular formula is C15H20Cl2N2O3. The molecule has 0 aliphatic carbocycles. The fraction of sp³-hybridized carbons (Fsp3) is 0.533. The zero-order valence-corrected chi connectivity index (χ0v) is 13.8. The molecule has 1 aromatic carbocycles. The Kier molecular flexibility index (Phi) is 6.17. The zero-order valence-electron chi connectivity index (χ0n) is 12.2. The Morgan fingerprint density at radius 1 is 1.36 bits per heavy atom. The van der Waals surface area contributed by atoms with E-state index in [0.717, 1.165) is 31.5 Å². The normalized spacial score (nSPS) is 20.0. The van der Waals surface area contributed by atoms with Crippen LogP contribution in [0, 0.1) is 5.92 Å². The van der Waals surface area contributed by atoms with Crippen molar-refractivity contribution in [2.45, 2.75) is 19.4 Å². The molecular weight excluding hydrogens is 327 g/mol. The van der Waals surface area contributed by atoms with Crippen LogP contribution >= 0.6 is 24.0 Å². The van der Waals surface area contributed by atoms with Gasteiger partial charge in [0.25, 0.3) is 0 Å². The number of hydrogen-bond donors (Lipinski definition) is 2. The maximum atomic E-state index is 12.1. The fourth-order valence-electron chi connectivity index (χ4n) is 2.68. The standard InChI is InChI=1S/C15H19ClN2O3.ClH/c16-12-6-10(7-13-14(12)21-5-4-20-13)8-18-15(19)11-2-1-3-17-9-11;/h6-7,11,17H,1-5,8-9H2,(H,18,19);1H. The van der Waals surface area contributed by atoms with Gasteiger partial charge >= 0.3 is 0 Å². The van der Waals surface area contributed by atoms with E-state index in [1.54, 1.807) is 0 Å². The van der Waals surface area contributed by atoms with E-state index in [0.29, 0.717) is 36.3 Å². The topological polar surface area (TPSA) is 59.6 Å². The van der Waals surface area contributed by atoms with Crippen LogP contribution in [0.15, 0.2) is 12.1 Å². The van der Waals surface area contributed by atoms with Crippen molar-refractivity contribution in [2.75, 3.05) is 26.3 Å². The van der Waals surface area contributed by atoms with Gasteiger partial charge in [-0.1, -0.05) is 11.6 Å². The summed E-state index contributed by atoms with van der Waals surface area (Å²) in [6.45, 7) is 3.24. The van der Waals surface area contributed by atoms with E-state index in [1.807, 2.05) is 12.1 Å². The largest absolute Gasteiger partial charge is 0.486 e. The minimum Gasteiger partial charge on any atom is -0.486 e. The van der Waals surface area contributed by atoms with E-state index < -0.39 is 0 Å². The summed E-state index contributed by atoms with van der Waals surface area (Å²) in [5.41, 5.74) is 0.918. The lowest BCUT2D eigenvalue weighted by atomic mass is 9.99. The van der Waals surface area contributed by atoms with E-state index in [4.69, 9.17) is 21.1 Å². The van der Waals surface area contributed by atoms with Crippen LogP contribution in [0.25, 0.3) is 0 Å². The van der Waals surface area contributed by atoms with Gasteiger partial charge in [-0.2, -0.15) is 0 Å². The molecule has 22 heavy (non-hydrogen) atoms. The average molecular weight is 347 g/mol. The summed E-state index contributed by atoms with van der Waals surface area (Å²) < 4.78 is 11.0. The smallest absolute Gasteiger partial charge is 0.224 e. The number of piperidine rings is 1. The Morgan fingerprint density at radius 2 is 2.18 bits per heavy atom.